The molecule has 2 N–H and O–H groups in total. The Labute approximate surface area is 150 Å². The Morgan fingerprint density at radius 2 is 1.64 bits per heavy atom. The third-order valence-electron chi connectivity index (χ3n) is 4.58. The fourth-order valence-corrected chi connectivity index (χ4v) is 3.30. The molecule has 3 heteroatoms. The first-order valence-corrected chi connectivity index (χ1v) is 9.00. The van der Waals surface area contributed by atoms with E-state index < -0.39 is 0 Å². The maximum absolute atomic E-state index is 4.64. The molecule has 0 aliphatic heterocycles. The Bertz CT molecular complexity index is 832. The zero-order valence-electron chi connectivity index (χ0n) is 15.4. The lowest BCUT2D eigenvalue weighted by Gasteiger charge is -2.12. The monoisotopic (exact) mass is 333 g/mol. The molecule has 0 spiro atoms. The first-order chi connectivity index (χ1) is 12.1. The van der Waals surface area contributed by atoms with E-state index in [0.29, 0.717) is 0 Å². The third kappa shape index (κ3) is 4.58. The summed E-state index contributed by atoms with van der Waals surface area (Å²) in [6.45, 7) is 9.40. The van der Waals surface area contributed by atoms with Crippen LogP contribution in [-0.2, 0) is 6.54 Å². The Kier molecular flexibility index (Phi) is 5.67. The number of benzene rings is 2. The number of hydrogen-bond donors (Lipinski definition) is 2. The molecular weight excluding hydrogens is 306 g/mol. The van der Waals surface area contributed by atoms with E-state index in [2.05, 4.69) is 66.7 Å². The number of anilines is 1. The molecule has 130 valence electrons. The SMILES string of the molecule is Cc1cc(C)c(CNCCCNc2ccc3ccccc3n2)c(C)c1. The Hall–Kier alpha value is -2.39. The highest BCUT2D eigenvalue weighted by molar-refractivity contribution is 5.80. The van der Waals surface area contributed by atoms with Crippen molar-refractivity contribution in [1.29, 1.82) is 0 Å². The van der Waals surface area contributed by atoms with Gasteiger partial charge in [0.15, 0.2) is 0 Å². The van der Waals surface area contributed by atoms with Crippen molar-refractivity contribution in [2.45, 2.75) is 33.7 Å². The number of aromatic nitrogens is 1. The molecule has 0 atom stereocenters. The first kappa shape index (κ1) is 17.4. The van der Waals surface area contributed by atoms with Gasteiger partial charge in [-0.05, 0) is 68.6 Å². The predicted octanol–water partition coefficient (Wildman–Crippen LogP) is 4.75. The van der Waals surface area contributed by atoms with Gasteiger partial charge in [-0.15, -0.1) is 0 Å². The molecule has 0 saturated carbocycles. The van der Waals surface area contributed by atoms with Crippen molar-refractivity contribution < 1.29 is 0 Å². The van der Waals surface area contributed by atoms with E-state index in [4.69, 9.17) is 0 Å². The van der Waals surface area contributed by atoms with Gasteiger partial charge >= 0.3 is 0 Å². The number of aryl methyl sites for hydroxylation is 3. The number of nitrogens with one attached hydrogen (secondary N) is 2. The summed E-state index contributed by atoms with van der Waals surface area (Å²) in [5.74, 6) is 0.948. The van der Waals surface area contributed by atoms with Crippen LogP contribution in [0, 0.1) is 20.8 Å². The largest absolute Gasteiger partial charge is 0.370 e. The summed E-state index contributed by atoms with van der Waals surface area (Å²) < 4.78 is 0. The van der Waals surface area contributed by atoms with Crippen molar-refractivity contribution in [3.8, 4) is 0 Å². The van der Waals surface area contributed by atoms with Gasteiger partial charge in [0, 0.05) is 18.5 Å². The summed E-state index contributed by atoms with van der Waals surface area (Å²) in [5.41, 5.74) is 6.56. The summed E-state index contributed by atoms with van der Waals surface area (Å²) in [7, 11) is 0. The Morgan fingerprint density at radius 1 is 0.880 bits per heavy atom. The maximum atomic E-state index is 4.64. The number of fused-ring (bicyclic) bond motifs is 1. The molecule has 0 amide bonds. The average Bonchev–Trinajstić information content (AvgIpc) is 2.59. The maximum Gasteiger partial charge on any atom is 0.126 e. The Balaban J connectivity index is 1.43. The van der Waals surface area contributed by atoms with Crippen LogP contribution in [-0.4, -0.2) is 18.1 Å². The van der Waals surface area contributed by atoms with Crippen LogP contribution in [0.3, 0.4) is 0 Å². The van der Waals surface area contributed by atoms with Gasteiger partial charge in [0.1, 0.15) is 5.82 Å². The zero-order chi connectivity index (χ0) is 17.6. The van der Waals surface area contributed by atoms with Crippen LogP contribution in [0.1, 0.15) is 28.7 Å². The summed E-state index contributed by atoms with van der Waals surface area (Å²) in [6.07, 6.45) is 1.07. The summed E-state index contributed by atoms with van der Waals surface area (Å²) in [4.78, 5) is 4.64. The lowest BCUT2D eigenvalue weighted by molar-refractivity contribution is 0.659. The fourth-order valence-electron chi connectivity index (χ4n) is 3.30. The minimum absolute atomic E-state index is 0.921. The molecule has 0 aliphatic rings. The van der Waals surface area contributed by atoms with E-state index in [-0.39, 0.29) is 0 Å². The molecule has 0 unspecified atom stereocenters. The predicted molar refractivity (Wildman–Crippen MR) is 107 cm³/mol. The number of pyridine rings is 1. The molecule has 1 heterocycles. The second kappa shape index (κ2) is 8.13. The second-order valence-electron chi connectivity index (χ2n) is 6.72. The number of hydrogen-bond acceptors (Lipinski definition) is 3. The van der Waals surface area contributed by atoms with Crippen molar-refractivity contribution in [1.82, 2.24) is 10.3 Å². The quantitative estimate of drug-likeness (QED) is 0.613. The first-order valence-electron chi connectivity index (χ1n) is 9.00. The third-order valence-corrected chi connectivity index (χ3v) is 4.58. The van der Waals surface area contributed by atoms with Gasteiger partial charge in [0.05, 0.1) is 5.52 Å². The lowest BCUT2D eigenvalue weighted by atomic mass is 10.00. The van der Waals surface area contributed by atoms with Crippen LogP contribution in [0.4, 0.5) is 5.82 Å². The summed E-state index contributed by atoms with van der Waals surface area (Å²) in [5, 5.41) is 8.15. The second-order valence-corrected chi connectivity index (χ2v) is 6.72. The molecule has 2 aromatic carbocycles. The molecule has 0 bridgehead atoms. The minimum Gasteiger partial charge on any atom is -0.370 e. The molecule has 0 aliphatic carbocycles. The fraction of sp³-hybridized carbons (Fsp3) is 0.318. The zero-order valence-corrected chi connectivity index (χ0v) is 15.4. The van der Waals surface area contributed by atoms with Crippen molar-refractivity contribution in [2.24, 2.45) is 0 Å². The van der Waals surface area contributed by atoms with Crippen molar-refractivity contribution in [2.75, 3.05) is 18.4 Å². The van der Waals surface area contributed by atoms with E-state index in [1.54, 1.807) is 0 Å². The topological polar surface area (TPSA) is 37.0 Å². The highest BCUT2D eigenvalue weighted by Crippen LogP contribution is 2.16. The van der Waals surface area contributed by atoms with Crippen LogP contribution < -0.4 is 10.6 Å². The average molecular weight is 333 g/mol. The van der Waals surface area contributed by atoms with Crippen LogP contribution in [0.2, 0.25) is 0 Å². The van der Waals surface area contributed by atoms with Crippen molar-refractivity contribution in [3.05, 3.63) is 70.8 Å². The van der Waals surface area contributed by atoms with Gasteiger partial charge < -0.3 is 10.6 Å². The number of nitrogens with zero attached hydrogens (tertiary/aromatic N) is 1. The molecule has 0 radical (unpaired) electrons. The van der Waals surface area contributed by atoms with Crippen LogP contribution in [0.25, 0.3) is 10.9 Å². The van der Waals surface area contributed by atoms with Gasteiger partial charge in [0.25, 0.3) is 0 Å². The highest BCUT2D eigenvalue weighted by Gasteiger charge is 2.03. The van der Waals surface area contributed by atoms with Crippen molar-refractivity contribution in [3.63, 3.8) is 0 Å². The van der Waals surface area contributed by atoms with E-state index in [1.165, 1.54) is 27.6 Å². The van der Waals surface area contributed by atoms with E-state index >= 15 is 0 Å². The van der Waals surface area contributed by atoms with Crippen LogP contribution in [0.5, 0.6) is 0 Å². The van der Waals surface area contributed by atoms with Crippen LogP contribution in [0.15, 0.2) is 48.5 Å². The molecule has 25 heavy (non-hydrogen) atoms. The molecule has 1 aromatic heterocycles. The molecule has 3 aromatic rings. The van der Waals surface area contributed by atoms with Crippen LogP contribution >= 0.6 is 0 Å². The standard InChI is InChI=1S/C22H27N3/c1-16-13-17(2)20(18(3)14-16)15-23-11-6-12-24-22-10-9-19-7-4-5-8-21(19)25-22/h4-5,7-10,13-14,23H,6,11-12,15H2,1-3H3,(H,24,25). The summed E-state index contributed by atoms with van der Waals surface area (Å²) in [6, 6.07) is 16.9. The molecule has 3 rings (SSSR count). The normalized spacial score (nSPS) is 11.0. The van der Waals surface area contributed by atoms with Gasteiger partial charge in [-0.25, -0.2) is 4.98 Å². The Morgan fingerprint density at radius 3 is 2.44 bits per heavy atom. The van der Waals surface area contributed by atoms with Gasteiger partial charge in [-0.2, -0.15) is 0 Å². The molecular formula is C22H27N3. The number of para-hydroxylation sites is 1. The smallest absolute Gasteiger partial charge is 0.126 e. The van der Waals surface area contributed by atoms with Gasteiger partial charge in [0.2, 0.25) is 0 Å². The molecule has 0 fully saturated rings. The summed E-state index contributed by atoms with van der Waals surface area (Å²) >= 11 is 0. The van der Waals surface area contributed by atoms with E-state index in [9.17, 15) is 0 Å². The minimum atomic E-state index is 0.921. The van der Waals surface area contributed by atoms with Gasteiger partial charge in [-0.3, -0.25) is 0 Å². The highest BCUT2D eigenvalue weighted by atomic mass is 15.0. The number of rotatable bonds is 7. The van der Waals surface area contributed by atoms with E-state index in [1.807, 2.05) is 18.2 Å². The van der Waals surface area contributed by atoms with Crippen molar-refractivity contribution >= 4 is 16.7 Å². The van der Waals surface area contributed by atoms with Gasteiger partial charge in [-0.1, -0.05) is 35.9 Å². The lowest BCUT2D eigenvalue weighted by Crippen LogP contribution is -2.19. The molecule has 3 nitrogen and oxygen atoms in total. The molecule has 0 saturated heterocycles. The van der Waals surface area contributed by atoms with E-state index in [0.717, 1.165) is 37.4 Å².